The van der Waals surface area contributed by atoms with Crippen molar-refractivity contribution in [3.05, 3.63) is 23.3 Å². The average Bonchev–Trinajstić information content (AvgIpc) is 3.24. The smallest absolute Gasteiger partial charge is 0.187 e. The number of rotatable bonds is 9. The van der Waals surface area contributed by atoms with Crippen LogP contribution in [-0.4, -0.2) is 181 Å². The summed E-state index contributed by atoms with van der Waals surface area (Å²) in [5.41, 5.74) is 0.339. The van der Waals surface area contributed by atoms with Crippen LogP contribution in [0, 0.1) is 44.3 Å². The van der Waals surface area contributed by atoms with Crippen molar-refractivity contribution in [3.63, 3.8) is 0 Å². The number of aliphatic hydroxyl groups is 11. The Labute approximate surface area is 376 Å². The normalized spacial score (nSPS) is 55.0. The van der Waals surface area contributed by atoms with Crippen molar-refractivity contribution in [1.82, 2.24) is 0 Å². The van der Waals surface area contributed by atoms with Crippen LogP contribution in [0.25, 0.3) is 0 Å². The van der Waals surface area contributed by atoms with E-state index < -0.39 is 122 Å². The summed E-state index contributed by atoms with van der Waals surface area (Å²) < 4.78 is 35.5. The molecule has 5 aliphatic carbocycles. The fourth-order valence-electron chi connectivity index (χ4n) is 14.2. The van der Waals surface area contributed by atoms with Crippen molar-refractivity contribution in [2.24, 2.45) is 44.3 Å². The zero-order chi connectivity index (χ0) is 46.7. The van der Waals surface area contributed by atoms with Crippen molar-refractivity contribution < 1.29 is 84.6 Å². The van der Waals surface area contributed by atoms with Gasteiger partial charge in [-0.05, 0) is 86.4 Å². The second-order valence-electron chi connectivity index (χ2n) is 22.6. The molecule has 8 aliphatic rings. The maximum absolute atomic E-state index is 12.1. The molecule has 3 aliphatic heterocycles. The molecular formula is C47H76O17. The maximum atomic E-state index is 12.1. The molecule has 0 bridgehead atoms. The van der Waals surface area contributed by atoms with E-state index >= 15 is 0 Å². The minimum absolute atomic E-state index is 0.0430. The summed E-state index contributed by atoms with van der Waals surface area (Å²) in [5.74, 6) is 0.00355. The van der Waals surface area contributed by atoms with E-state index in [-0.39, 0.29) is 46.7 Å². The third kappa shape index (κ3) is 7.45. The first-order valence-corrected chi connectivity index (χ1v) is 23.6. The third-order valence-corrected chi connectivity index (χ3v) is 18.6. The van der Waals surface area contributed by atoms with Gasteiger partial charge in [0.1, 0.15) is 61.0 Å². The minimum Gasteiger partial charge on any atom is -0.396 e. The van der Waals surface area contributed by atoms with E-state index in [0.29, 0.717) is 19.3 Å². The van der Waals surface area contributed by atoms with Gasteiger partial charge in [-0.2, -0.15) is 0 Å². The molecular weight excluding hydrogens is 837 g/mol. The fraction of sp³-hybridized carbons (Fsp3) is 0.915. The number of ether oxygens (including phenoxy) is 6. The molecule has 17 heteroatoms. The van der Waals surface area contributed by atoms with Crippen LogP contribution < -0.4 is 0 Å². The quantitative estimate of drug-likeness (QED) is 0.137. The summed E-state index contributed by atoms with van der Waals surface area (Å²) in [6.45, 7) is 13.7. The zero-order valence-corrected chi connectivity index (χ0v) is 38.4. The molecule has 4 saturated carbocycles. The first-order chi connectivity index (χ1) is 30.0. The first kappa shape index (κ1) is 49.2. The third-order valence-electron chi connectivity index (χ3n) is 18.6. The summed E-state index contributed by atoms with van der Waals surface area (Å²) in [5, 5.41) is 120. The fourth-order valence-corrected chi connectivity index (χ4v) is 14.2. The summed E-state index contributed by atoms with van der Waals surface area (Å²) in [7, 11) is 0. The number of aliphatic hydroxyl groups excluding tert-OH is 11. The van der Waals surface area contributed by atoms with E-state index in [1.54, 1.807) is 6.92 Å². The van der Waals surface area contributed by atoms with Gasteiger partial charge in [-0.1, -0.05) is 64.8 Å². The highest BCUT2D eigenvalue weighted by Crippen LogP contribution is 2.74. The average molecular weight is 913 g/mol. The lowest BCUT2D eigenvalue weighted by atomic mass is 9.35. The molecule has 23 atom stereocenters. The first-order valence-electron chi connectivity index (χ1n) is 23.6. The van der Waals surface area contributed by atoms with Gasteiger partial charge in [0.15, 0.2) is 18.9 Å². The van der Waals surface area contributed by atoms with E-state index in [4.69, 9.17) is 28.4 Å². The lowest BCUT2D eigenvalue weighted by Crippen LogP contribution is -2.66. The van der Waals surface area contributed by atoms with Crippen LogP contribution in [-0.2, 0) is 28.4 Å². The Morgan fingerprint density at radius 3 is 1.98 bits per heavy atom. The summed E-state index contributed by atoms with van der Waals surface area (Å²) in [6.07, 6.45) is -12.1. The van der Waals surface area contributed by atoms with Gasteiger partial charge in [-0.25, -0.2) is 0 Å². The molecule has 0 aromatic rings. The number of allylic oxidation sites excluding steroid dienone is 4. The molecule has 2 unspecified atom stereocenters. The van der Waals surface area contributed by atoms with Crippen LogP contribution in [0.5, 0.6) is 0 Å². The Hall–Kier alpha value is -1.20. The molecule has 0 radical (unpaired) electrons. The topological polar surface area (TPSA) is 278 Å². The van der Waals surface area contributed by atoms with Gasteiger partial charge < -0.3 is 84.6 Å². The van der Waals surface area contributed by atoms with Crippen LogP contribution in [0.2, 0.25) is 0 Å². The van der Waals surface area contributed by atoms with Gasteiger partial charge in [-0.3, -0.25) is 0 Å². The van der Waals surface area contributed by atoms with E-state index in [9.17, 15) is 56.2 Å². The molecule has 0 amide bonds. The molecule has 8 rings (SSSR count). The molecule has 17 nitrogen and oxygen atoms in total. The van der Waals surface area contributed by atoms with Crippen molar-refractivity contribution >= 4 is 0 Å². The Balaban J connectivity index is 0.998. The van der Waals surface area contributed by atoms with Crippen LogP contribution in [0.3, 0.4) is 0 Å². The van der Waals surface area contributed by atoms with Gasteiger partial charge in [-0.15, -0.1) is 0 Å². The predicted octanol–water partition coefficient (Wildman–Crippen LogP) is 0.144. The van der Waals surface area contributed by atoms with Crippen molar-refractivity contribution in [2.75, 3.05) is 26.4 Å². The molecule has 3 heterocycles. The molecule has 11 N–H and O–H groups in total. The number of fused-ring (bicyclic) bond motifs is 7. The Morgan fingerprint density at radius 1 is 0.641 bits per heavy atom. The van der Waals surface area contributed by atoms with Crippen molar-refractivity contribution in [1.29, 1.82) is 0 Å². The molecule has 366 valence electrons. The molecule has 64 heavy (non-hydrogen) atoms. The zero-order valence-electron chi connectivity index (χ0n) is 38.4. The van der Waals surface area contributed by atoms with Gasteiger partial charge >= 0.3 is 0 Å². The molecule has 0 spiro atoms. The maximum Gasteiger partial charge on any atom is 0.187 e. The second-order valence-corrected chi connectivity index (χ2v) is 22.6. The van der Waals surface area contributed by atoms with Crippen LogP contribution in [0.15, 0.2) is 23.3 Å². The lowest BCUT2D eigenvalue weighted by Gasteiger charge is -2.69. The summed E-state index contributed by atoms with van der Waals surface area (Å²) >= 11 is 0. The Kier molecular flexibility index (Phi) is 13.3. The largest absolute Gasteiger partial charge is 0.396 e. The minimum atomic E-state index is -1.86. The van der Waals surface area contributed by atoms with Crippen LogP contribution >= 0.6 is 0 Å². The van der Waals surface area contributed by atoms with Gasteiger partial charge in [0, 0.05) is 16.2 Å². The second kappa shape index (κ2) is 17.3. The number of hydrogen-bond donors (Lipinski definition) is 11. The van der Waals surface area contributed by atoms with Gasteiger partial charge in [0.25, 0.3) is 0 Å². The van der Waals surface area contributed by atoms with Crippen molar-refractivity contribution in [3.8, 4) is 0 Å². The molecule has 7 fully saturated rings. The standard InChI is InChI=1S/C47H76O17/c1-22-31(53)38(64-40-35(57)33(55)37(26(18-48)61-40)63-39-34(56)32(54)25(51)19-59-39)36(58)41(60-22)62-30-11-12-43(4)27(44(30,5)20-49)10-13-45(6)28(43)9-8-23-24-16-42(2,3)14-15-47(24,21-50)29(52)17-46(23,45)7/h8-9,22,24-27,29-41,48-58H,10-21H2,1-7H3/t22-,24?,25-,26-,27?,29+,30+,31+,32+,33-,34-,35-,36-,37-,38+,39+,40+,41+,43+,44+,45-,46-,47-/m1/s1. The monoisotopic (exact) mass is 913 g/mol. The van der Waals surface area contributed by atoms with E-state index in [1.165, 1.54) is 11.1 Å². The van der Waals surface area contributed by atoms with E-state index in [1.807, 2.05) is 6.92 Å². The summed E-state index contributed by atoms with van der Waals surface area (Å²) in [6, 6.07) is 0. The van der Waals surface area contributed by atoms with E-state index in [2.05, 4.69) is 46.8 Å². The Morgan fingerprint density at radius 2 is 1.31 bits per heavy atom. The van der Waals surface area contributed by atoms with Gasteiger partial charge in [0.2, 0.25) is 0 Å². The highest BCUT2D eigenvalue weighted by Gasteiger charge is 2.69. The Bertz CT molecular complexity index is 1760. The predicted molar refractivity (Wildman–Crippen MR) is 225 cm³/mol. The lowest BCUT2D eigenvalue weighted by molar-refractivity contribution is -0.378. The SMILES string of the molecule is C[C@H]1O[C@@H](O[C@H]2CC[C@]3(C)C4=CC=C5C6CC(C)(C)CC[C@]6(CO)[C@@H](O)C[C@@]5(C)[C@]4(C)CCC3[C@]2(C)CO)[C@H](O)[C@@H](O[C@@H]2O[C@H](CO)[C@@H](O[C@@H]3OC[C@@H](O)[C@H](O)[C@H]3O)[C@H](O)[C@H]2O)[C@H]1O. The summed E-state index contributed by atoms with van der Waals surface area (Å²) in [4.78, 5) is 0. The van der Waals surface area contributed by atoms with Crippen LogP contribution in [0.4, 0.5) is 0 Å². The van der Waals surface area contributed by atoms with Crippen molar-refractivity contribution in [2.45, 2.75) is 198 Å². The molecule has 0 aromatic carbocycles. The van der Waals surface area contributed by atoms with Gasteiger partial charge in [0.05, 0.1) is 44.7 Å². The highest BCUT2D eigenvalue weighted by molar-refractivity contribution is 5.46. The van der Waals surface area contributed by atoms with E-state index in [0.717, 1.165) is 32.1 Å². The molecule has 0 aromatic heterocycles. The molecule has 3 saturated heterocycles. The number of hydrogen-bond acceptors (Lipinski definition) is 17. The highest BCUT2D eigenvalue weighted by atomic mass is 16.8. The van der Waals surface area contributed by atoms with Crippen LogP contribution in [0.1, 0.15) is 99.8 Å².